The van der Waals surface area contributed by atoms with E-state index in [1.165, 1.54) is 0 Å². The number of carboxylic acid groups (broad SMARTS) is 2. The van der Waals surface area contributed by atoms with E-state index in [0.717, 1.165) is 0 Å². The minimum absolute atomic E-state index is 0.0291. The molecule has 4 amide bonds. The van der Waals surface area contributed by atoms with E-state index < -0.39 is 23.9 Å². The lowest BCUT2D eigenvalue weighted by Crippen LogP contribution is -2.37. The summed E-state index contributed by atoms with van der Waals surface area (Å²) in [6.45, 7) is 3.67. The molecule has 41 heavy (non-hydrogen) atoms. The van der Waals surface area contributed by atoms with E-state index >= 15 is 0 Å². The first-order valence-corrected chi connectivity index (χ1v) is 13.4. The lowest BCUT2D eigenvalue weighted by atomic mass is 10.0. The van der Waals surface area contributed by atoms with Gasteiger partial charge in [0.05, 0.1) is 45.6 Å². The van der Waals surface area contributed by atoms with Gasteiger partial charge in [0.25, 0.3) is 0 Å². The third-order valence-electron chi connectivity index (χ3n) is 5.38. The van der Waals surface area contributed by atoms with Gasteiger partial charge in [0, 0.05) is 26.1 Å². The quantitative estimate of drug-likeness (QED) is 0.0440. The first-order valence-electron chi connectivity index (χ1n) is 13.4. The van der Waals surface area contributed by atoms with Crippen molar-refractivity contribution in [2.45, 2.75) is 45.1 Å². The lowest BCUT2D eigenvalue weighted by Gasteiger charge is -2.11. The summed E-state index contributed by atoms with van der Waals surface area (Å²) in [6.07, 6.45) is 2.17. The summed E-state index contributed by atoms with van der Waals surface area (Å²) >= 11 is 0. The summed E-state index contributed by atoms with van der Waals surface area (Å²) in [6, 6.07) is -1.12. The molecule has 0 fully saturated rings. The molecule has 6 N–H and O–H groups in total. The van der Waals surface area contributed by atoms with Crippen molar-refractivity contribution < 1.29 is 57.9 Å². The third kappa shape index (κ3) is 24.2. The Morgan fingerprint density at radius 1 is 0.659 bits per heavy atom. The molecule has 0 aliphatic rings. The topological polar surface area (TPSA) is 228 Å². The van der Waals surface area contributed by atoms with Crippen LogP contribution in [0.3, 0.4) is 0 Å². The summed E-state index contributed by atoms with van der Waals surface area (Å²) in [5.74, 6) is -3.37. The molecule has 0 aromatic heterocycles. The van der Waals surface area contributed by atoms with Crippen LogP contribution >= 0.6 is 0 Å². The monoisotopic (exact) mass is 592 g/mol. The van der Waals surface area contributed by atoms with E-state index in [9.17, 15) is 28.8 Å². The number of carbonyl (C=O) groups excluding carboxylic acids is 4. The van der Waals surface area contributed by atoms with Crippen molar-refractivity contribution in [3.63, 3.8) is 0 Å². The van der Waals surface area contributed by atoms with Gasteiger partial charge < -0.3 is 50.4 Å². The summed E-state index contributed by atoms with van der Waals surface area (Å²) in [5, 5.41) is 27.7. The van der Waals surface area contributed by atoms with Crippen molar-refractivity contribution in [1.82, 2.24) is 21.3 Å². The second-order valence-electron chi connectivity index (χ2n) is 8.83. The van der Waals surface area contributed by atoms with Crippen molar-refractivity contribution >= 4 is 36.1 Å². The van der Waals surface area contributed by atoms with Gasteiger partial charge in [-0.2, -0.15) is 0 Å². The molecule has 0 spiro atoms. The highest BCUT2D eigenvalue weighted by molar-refractivity contribution is 5.79. The Morgan fingerprint density at radius 2 is 1.17 bits per heavy atom. The first-order chi connectivity index (χ1) is 19.7. The molecule has 236 valence electrons. The fourth-order valence-corrected chi connectivity index (χ4v) is 3.05. The van der Waals surface area contributed by atoms with Crippen molar-refractivity contribution in [3.8, 4) is 0 Å². The molecule has 16 nitrogen and oxygen atoms in total. The number of rotatable bonds is 28. The Morgan fingerprint density at radius 3 is 1.68 bits per heavy atom. The van der Waals surface area contributed by atoms with Crippen molar-refractivity contribution in [3.05, 3.63) is 0 Å². The first kappa shape index (κ1) is 37.7. The molecule has 0 radical (unpaired) electrons. The summed E-state index contributed by atoms with van der Waals surface area (Å²) < 4.78 is 21.0. The zero-order chi connectivity index (χ0) is 30.7. The minimum atomic E-state index is -1.22. The zero-order valence-electron chi connectivity index (χ0n) is 23.5. The molecular weight excluding hydrogens is 548 g/mol. The van der Waals surface area contributed by atoms with E-state index in [0.29, 0.717) is 25.8 Å². The van der Waals surface area contributed by atoms with Crippen LogP contribution in [0.25, 0.3) is 0 Å². The average molecular weight is 593 g/mol. The van der Waals surface area contributed by atoms with E-state index in [2.05, 4.69) is 21.3 Å². The fraction of sp³-hybridized carbons (Fsp3) is 0.760. The Kier molecular flexibility index (Phi) is 23.5. The molecule has 0 aliphatic carbocycles. The maximum Gasteiger partial charge on any atom is 0.326 e. The van der Waals surface area contributed by atoms with Crippen LogP contribution in [0.15, 0.2) is 0 Å². The van der Waals surface area contributed by atoms with E-state index in [-0.39, 0.29) is 103 Å². The summed E-state index contributed by atoms with van der Waals surface area (Å²) in [4.78, 5) is 67.0. The van der Waals surface area contributed by atoms with E-state index in [1.807, 2.05) is 0 Å². The molecule has 0 aliphatic heterocycles. The molecule has 0 saturated heterocycles. The standard InChI is InChI=1S/C25H44N4O12/c1-19(24(34)35)4-2-3-7-26-22(32)16-40-14-13-39-11-9-28-23(33)17-41-15-12-38-10-8-27-21(31)6-5-20(25(36)37)29-18-30/h18-20H,2-17H2,1H3,(H,26,32)(H,27,31)(H,28,33)(H,29,30)(H,34,35)(H,36,37)/t19-,20-/m0/s1. The van der Waals surface area contributed by atoms with Crippen LogP contribution in [0, 0.1) is 5.92 Å². The van der Waals surface area contributed by atoms with Crippen LogP contribution < -0.4 is 21.3 Å². The number of aliphatic carboxylic acids is 2. The predicted molar refractivity (Wildman–Crippen MR) is 143 cm³/mol. The van der Waals surface area contributed by atoms with Crippen LogP contribution in [-0.2, 0) is 47.7 Å². The number of hydrogen-bond donors (Lipinski definition) is 6. The maximum absolute atomic E-state index is 11.7. The number of nitrogens with one attached hydrogen (secondary N) is 4. The normalized spacial score (nSPS) is 12.1. The number of amides is 4. The molecule has 0 bridgehead atoms. The van der Waals surface area contributed by atoms with E-state index in [4.69, 9.17) is 29.2 Å². The van der Waals surface area contributed by atoms with Gasteiger partial charge in [-0.05, 0) is 19.3 Å². The molecule has 2 atom stereocenters. The van der Waals surface area contributed by atoms with Crippen molar-refractivity contribution in [2.24, 2.45) is 5.92 Å². The average Bonchev–Trinajstić information content (AvgIpc) is 2.93. The highest BCUT2D eigenvalue weighted by Gasteiger charge is 2.17. The fourth-order valence-electron chi connectivity index (χ4n) is 3.05. The van der Waals surface area contributed by atoms with Crippen LogP contribution in [0.1, 0.15) is 39.0 Å². The zero-order valence-corrected chi connectivity index (χ0v) is 23.5. The SMILES string of the molecule is C[C@@H](CCCCNC(=O)COCCOCCNC(=O)COCCOCCNC(=O)CC[C@H](NC=O)C(=O)O)C(=O)O. The highest BCUT2D eigenvalue weighted by atomic mass is 16.5. The van der Waals surface area contributed by atoms with Crippen molar-refractivity contribution in [1.29, 1.82) is 0 Å². The van der Waals surface area contributed by atoms with Gasteiger partial charge in [-0.15, -0.1) is 0 Å². The van der Waals surface area contributed by atoms with Gasteiger partial charge >= 0.3 is 11.9 Å². The Balaban J connectivity index is 3.47. The summed E-state index contributed by atoms with van der Waals surface area (Å²) in [5.41, 5.74) is 0. The Labute approximate surface area is 239 Å². The molecule has 0 saturated carbocycles. The number of hydrogen-bond acceptors (Lipinski definition) is 10. The molecule has 0 aromatic carbocycles. The van der Waals surface area contributed by atoms with Gasteiger partial charge in [0.15, 0.2) is 0 Å². The third-order valence-corrected chi connectivity index (χ3v) is 5.38. The smallest absolute Gasteiger partial charge is 0.326 e. The lowest BCUT2D eigenvalue weighted by molar-refractivity contribution is -0.142. The number of unbranched alkanes of at least 4 members (excludes halogenated alkanes) is 1. The van der Waals surface area contributed by atoms with Crippen LogP contribution in [0.2, 0.25) is 0 Å². The Bertz CT molecular complexity index is 784. The van der Waals surface area contributed by atoms with Crippen LogP contribution in [0.4, 0.5) is 0 Å². The largest absolute Gasteiger partial charge is 0.481 e. The molecule has 16 heteroatoms. The van der Waals surface area contributed by atoms with Gasteiger partial charge in [-0.1, -0.05) is 13.3 Å². The van der Waals surface area contributed by atoms with Gasteiger partial charge in [-0.3, -0.25) is 24.0 Å². The van der Waals surface area contributed by atoms with Gasteiger partial charge in [0.1, 0.15) is 19.3 Å². The van der Waals surface area contributed by atoms with Gasteiger partial charge in [0.2, 0.25) is 24.1 Å². The summed E-state index contributed by atoms with van der Waals surface area (Å²) in [7, 11) is 0. The Hall–Kier alpha value is -3.34. The molecular formula is C25H44N4O12. The second-order valence-corrected chi connectivity index (χ2v) is 8.83. The molecule has 0 unspecified atom stereocenters. The predicted octanol–water partition coefficient (Wildman–Crippen LogP) is -1.73. The van der Waals surface area contributed by atoms with Crippen LogP contribution in [-0.4, -0.2) is 125 Å². The maximum atomic E-state index is 11.7. The number of ether oxygens (including phenoxy) is 4. The molecule has 0 rings (SSSR count). The highest BCUT2D eigenvalue weighted by Crippen LogP contribution is 2.07. The second kappa shape index (κ2) is 25.6. The molecule has 0 heterocycles. The minimum Gasteiger partial charge on any atom is -0.481 e. The van der Waals surface area contributed by atoms with Gasteiger partial charge in [-0.25, -0.2) is 4.79 Å². The number of carbonyl (C=O) groups is 6. The molecule has 0 aromatic rings. The van der Waals surface area contributed by atoms with Crippen LogP contribution in [0.5, 0.6) is 0 Å². The van der Waals surface area contributed by atoms with E-state index in [1.54, 1.807) is 6.92 Å². The number of carboxylic acids is 2. The van der Waals surface area contributed by atoms with Crippen molar-refractivity contribution in [2.75, 3.05) is 72.5 Å².